The maximum Gasteiger partial charge on any atom is 0.243 e. The molecule has 0 aliphatic heterocycles. The maximum atomic E-state index is 5.96. The fourth-order valence-electron chi connectivity index (χ4n) is 2.36. The van der Waals surface area contributed by atoms with Crippen LogP contribution < -0.4 is 10.5 Å². The van der Waals surface area contributed by atoms with E-state index < -0.39 is 0 Å². The molecule has 0 bridgehead atoms. The number of nitrogens with two attached hydrogens (primary N) is 1. The summed E-state index contributed by atoms with van der Waals surface area (Å²) < 4.78 is 5.92. The number of halogens is 1. The molecule has 1 aromatic carbocycles. The summed E-state index contributed by atoms with van der Waals surface area (Å²) in [5.41, 5.74) is 9.90. The molecule has 0 spiro atoms. The van der Waals surface area contributed by atoms with Crippen molar-refractivity contribution in [1.82, 2.24) is 10.2 Å². The topological polar surface area (TPSA) is 61.0 Å². The molecule has 112 valence electrons. The van der Waals surface area contributed by atoms with Crippen molar-refractivity contribution in [3.63, 3.8) is 0 Å². The van der Waals surface area contributed by atoms with E-state index in [1.165, 1.54) is 0 Å². The average Bonchev–Trinajstić information content (AvgIpc) is 2.49. The Hall–Kier alpha value is -1.65. The van der Waals surface area contributed by atoms with E-state index in [4.69, 9.17) is 22.1 Å². The van der Waals surface area contributed by atoms with Crippen molar-refractivity contribution in [3.8, 4) is 11.6 Å². The number of rotatable bonds is 5. The molecule has 21 heavy (non-hydrogen) atoms. The van der Waals surface area contributed by atoms with Crippen LogP contribution in [0.15, 0.2) is 18.2 Å². The van der Waals surface area contributed by atoms with Crippen LogP contribution >= 0.6 is 11.6 Å². The molecule has 0 saturated carbocycles. The molecule has 0 atom stereocenters. The number of ether oxygens (including phenoxy) is 1. The van der Waals surface area contributed by atoms with Crippen LogP contribution in [0, 0.1) is 6.92 Å². The average molecular weight is 306 g/mol. The monoisotopic (exact) mass is 305 g/mol. The minimum Gasteiger partial charge on any atom is -0.437 e. The predicted octanol–water partition coefficient (Wildman–Crippen LogP) is 3.81. The van der Waals surface area contributed by atoms with Crippen LogP contribution in [0.5, 0.6) is 11.6 Å². The Balaban J connectivity index is 2.44. The third kappa shape index (κ3) is 3.34. The summed E-state index contributed by atoms with van der Waals surface area (Å²) in [6, 6.07) is 5.48. The van der Waals surface area contributed by atoms with E-state index in [1.54, 1.807) is 6.07 Å². The molecule has 0 radical (unpaired) electrons. The summed E-state index contributed by atoms with van der Waals surface area (Å²) in [7, 11) is 0. The lowest BCUT2D eigenvalue weighted by Gasteiger charge is -2.15. The molecule has 4 nitrogen and oxygen atoms in total. The molecule has 0 amide bonds. The van der Waals surface area contributed by atoms with Crippen LogP contribution in [-0.2, 0) is 19.4 Å². The van der Waals surface area contributed by atoms with E-state index in [2.05, 4.69) is 24.0 Å². The number of hydrogen-bond donors (Lipinski definition) is 1. The molecule has 1 heterocycles. The first-order valence-corrected chi connectivity index (χ1v) is 7.49. The summed E-state index contributed by atoms with van der Waals surface area (Å²) in [5, 5.41) is 9.15. The van der Waals surface area contributed by atoms with Gasteiger partial charge in [0.25, 0.3) is 0 Å². The molecule has 2 rings (SSSR count). The Morgan fingerprint density at radius 3 is 2.48 bits per heavy atom. The first-order chi connectivity index (χ1) is 10.1. The quantitative estimate of drug-likeness (QED) is 0.912. The highest BCUT2D eigenvalue weighted by Gasteiger charge is 2.15. The third-order valence-corrected chi connectivity index (χ3v) is 3.70. The Kier molecular flexibility index (Phi) is 5.15. The van der Waals surface area contributed by atoms with Gasteiger partial charge in [-0.2, -0.15) is 5.10 Å². The number of aryl methyl sites for hydroxylation is 2. The van der Waals surface area contributed by atoms with Crippen LogP contribution in [-0.4, -0.2) is 10.2 Å². The Labute approximate surface area is 130 Å². The number of nitrogens with zero attached hydrogens (tertiary/aromatic N) is 2. The van der Waals surface area contributed by atoms with Crippen molar-refractivity contribution in [2.24, 2.45) is 5.73 Å². The van der Waals surface area contributed by atoms with Crippen molar-refractivity contribution >= 4 is 11.6 Å². The summed E-state index contributed by atoms with van der Waals surface area (Å²) in [6.07, 6.45) is 1.70. The normalized spacial score (nSPS) is 10.7. The molecule has 0 aliphatic carbocycles. The molecular weight excluding hydrogens is 286 g/mol. The van der Waals surface area contributed by atoms with Gasteiger partial charge in [-0.25, -0.2) is 0 Å². The van der Waals surface area contributed by atoms with Crippen molar-refractivity contribution in [1.29, 1.82) is 0 Å². The SMILES string of the molecule is CCc1nnc(Oc2ccc(Cl)cc2C)c(CN)c1CC. The molecule has 2 N–H and O–H groups in total. The summed E-state index contributed by atoms with van der Waals surface area (Å²) >= 11 is 5.96. The lowest BCUT2D eigenvalue weighted by Crippen LogP contribution is -2.10. The first kappa shape index (κ1) is 15.7. The van der Waals surface area contributed by atoms with Crippen molar-refractivity contribution in [2.45, 2.75) is 40.2 Å². The van der Waals surface area contributed by atoms with Crippen LogP contribution in [0.4, 0.5) is 0 Å². The second-order valence-electron chi connectivity index (χ2n) is 4.83. The van der Waals surface area contributed by atoms with Crippen molar-refractivity contribution < 1.29 is 4.74 Å². The van der Waals surface area contributed by atoms with Gasteiger partial charge >= 0.3 is 0 Å². The number of hydrogen-bond acceptors (Lipinski definition) is 4. The van der Waals surface area contributed by atoms with Gasteiger partial charge in [0, 0.05) is 17.1 Å². The zero-order valence-corrected chi connectivity index (χ0v) is 13.4. The lowest BCUT2D eigenvalue weighted by molar-refractivity contribution is 0.442. The fraction of sp³-hybridized carbons (Fsp3) is 0.375. The molecule has 0 saturated heterocycles. The van der Waals surface area contributed by atoms with Gasteiger partial charge in [0.05, 0.1) is 5.69 Å². The summed E-state index contributed by atoms with van der Waals surface area (Å²) in [6.45, 7) is 6.48. The Bertz CT molecular complexity index is 644. The van der Waals surface area contributed by atoms with Gasteiger partial charge in [-0.15, -0.1) is 5.10 Å². The van der Waals surface area contributed by atoms with Gasteiger partial charge < -0.3 is 10.5 Å². The van der Waals surface area contributed by atoms with Crippen molar-refractivity contribution in [3.05, 3.63) is 45.6 Å². The summed E-state index contributed by atoms with van der Waals surface area (Å²) in [5.74, 6) is 1.20. The van der Waals surface area contributed by atoms with E-state index in [0.29, 0.717) is 17.4 Å². The van der Waals surface area contributed by atoms with Gasteiger partial charge in [0.15, 0.2) is 0 Å². The van der Waals surface area contributed by atoms with Gasteiger partial charge in [-0.05, 0) is 49.1 Å². The maximum absolute atomic E-state index is 5.96. The van der Waals surface area contributed by atoms with E-state index in [1.807, 2.05) is 19.1 Å². The minimum atomic E-state index is 0.383. The Morgan fingerprint density at radius 1 is 1.14 bits per heavy atom. The van der Waals surface area contributed by atoms with E-state index in [0.717, 1.165) is 41.0 Å². The van der Waals surface area contributed by atoms with E-state index in [9.17, 15) is 0 Å². The number of aromatic nitrogens is 2. The van der Waals surface area contributed by atoms with E-state index >= 15 is 0 Å². The van der Waals surface area contributed by atoms with Crippen LogP contribution in [0.3, 0.4) is 0 Å². The summed E-state index contributed by atoms with van der Waals surface area (Å²) in [4.78, 5) is 0. The van der Waals surface area contributed by atoms with Gasteiger partial charge in [0.1, 0.15) is 5.75 Å². The molecular formula is C16H20ClN3O. The van der Waals surface area contributed by atoms with Gasteiger partial charge in [-0.3, -0.25) is 0 Å². The smallest absolute Gasteiger partial charge is 0.243 e. The molecule has 5 heteroatoms. The Morgan fingerprint density at radius 2 is 1.90 bits per heavy atom. The van der Waals surface area contributed by atoms with E-state index in [-0.39, 0.29) is 0 Å². The highest BCUT2D eigenvalue weighted by Crippen LogP contribution is 2.30. The van der Waals surface area contributed by atoms with Crippen LogP contribution in [0.25, 0.3) is 0 Å². The van der Waals surface area contributed by atoms with Gasteiger partial charge in [0.2, 0.25) is 5.88 Å². The second-order valence-corrected chi connectivity index (χ2v) is 5.27. The van der Waals surface area contributed by atoms with Gasteiger partial charge in [-0.1, -0.05) is 25.4 Å². The van der Waals surface area contributed by atoms with Crippen molar-refractivity contribution in [2.75, 3.05) is 0 Å². The molecule has 1 aromatic heterocycles. The highest BCUT2D eigenvalue weighted by atomic mass is 35.5. The minimum absolute atomic E-state index is 0.383. The zero-order chi connectivity index (χ0) is 15.4. The first-order valence-electron chi connectivity index (χ1n) is 7.12. The fourth-order valence-corrected chi connectivity index (χ4v) is 2.58. The van der Waals surface area contributed by atoms with Crippen LogP contribution in [0.1, 0.15) is 36.2 Å². The highest BCUT2D eigenvalue weighted by molar-refractivity contribution is 6.30. The number of benzene rings is 1. The molecule has 0 aliphatic rings. The predicted molar refractivity (Wildman–Crippen MR) is 84.9 cm³/mol. The molecule has 0 unspecified atom stereocenters. The largest absolute Gasteiger partial charge is 0.437 e. The van der Waals surface area contributed by atoms with Crippen LogP contribution in [0.2, 0.25) is 5.02 Å². The molecule has 2 aromatic rings. The second kappa shape index (κ2) is 6.87. The zero-order valence-electron chi connectivity index (χ0n) is 12.6. The standard InChI is InChI=1S/C16H20ClN3O/c1-4-12-13(9-18)16(20-19-14(12)5-2)21-15-7-6-11(17)8-10(15)3/h6-8H,4-5,9,18H2,1-3H3. The third-order valence-electron chi connectivity index (χ3n) is 3.47. The lowest BCUT2D eigenvalue weighted by atomic mass is 10.0. The molecule has 0 fully saturated rings.